The number of carboxylic acid groups (broad SMARTS) is 1. The second-order valence-corrected chi connectivity index (χ2v) is 26.2. The average molecular weight is 1120 g/mol. The molecule has 1 saturated heterocycles. The highest BCUT2D eigenvalue weighted by Crippen LogP contribution is 2.58. The lowest BCUT2D eigenvalue weighted by Crippen LogP contribution is -2.30. The van der Waals surface area contributed by atoms with Gasteiger partial charge in [0, 0.05) is 36.6 Å². The van der Waals surface area contributed by atoms with Crippen molar-refractivity contribution in [2.24, 2.45) is 17.8 Å². The maximum atomic E-state index is 14.0. The summed E-state index contributed by atoms with van der Waals surface area (Å²) in [5.41, 5.74) is 4.98. The van der Waals surface area contributed by atoms with E-state index in [1.54, 1.807) is 60.7 Å². The van der Waals surface area contributed by atoms with Crippen molar-refractivity contribution < 1.29 is 75.7 Å². The van der Waals surface area contributed by atoms with Crippen molar-refractivity contribution in [2.45, 2.75) is 39.5 Å². The Morgan fingerprint density at radius 1 is 0.590 bits per heavy atom. The third kappa shape index (κ3) is 12.5. The quantitative estimate of drug-likeness (QED) is 0.0521. The zero-order valence-corrected chi connectivity index (χ0v) is 45.7. The van der Waals surface area contributed by atoms with Crippen molar-refractivity contribution >= 4 is 73.5 Å². The van der Waals surface area contributed by atoms with E-state index in [-0.39, 0.29) is 75.2 Å². The van der Waals surface area contributed by atoms with Crippen LogP contribution >= 0.6 is 22.1 Å². The first-order valence-corrected chi connectivity index (χ1v) is 30.7. The molecule has 4 aliphatic rings. The van der Waals surface area contributed by atoms with E-state index in [9.17, 15) is 47.6 Å². The van der Waals surface area contributed by atoms with Gasteiger partial charge in [-0.2, -0.15) is 0 Å². The number of ketones is 1. The maximum Gasteiger partial charge on any atom is 0.310 e. The Balaban J connectivity index is 0.000000156. The minimum atomic E-state index is -3.53. The number of nitrogens with zero attached hydrogens (tertiary/aromatic N) is 1. The molecule has 6 aromatic rings. The number of esters is 2. The molecule has 0 bridgehead atoms. The fourth-order valence-corrected chi connectivity index (χ4v) is 17.5. The van der Waals surface area contributed by atoms with Crippen LogP contribution in [0.25, 0.3) is 33.4 Å². The summed E-state index contributed by atoms with van der Waals surface area (Å²) < 4.78 is 68.9. The Morgan fingerprint density at radius 3 is 1.41 bits per heavy atom. The summed E-state index contributed by atoms with van der Waals surface area (Å²) in [5.74, 6) is -4.33. The van der Waals surface area contributed by atoms with Crippen molar-refractivity contribution in [1.29, 1.82) is 0 Å². The molecule has 2 N–H and O–H groups in total. The summed E-state index contributed by atoms with van der Waals surface area (Å²) in [6, 6.07) is 43.7. The molecule has 17 nitrogen and oxygen atoms in total. The van der Waals surface area contributed by atoms with Gasteiger partial charge in [0.05, 0.1) is 71.8 Å². The van der Waals surface area contributed by atoms with E-state index in [0.717, 1.165) is 38.3 Å². The van der Waals surface area contributed by atoms with Gasteiger partial charge in [-0.25, -0.2) is 0 Å². The molecule has 4 heterocycles. The van der Waals surface area contributed by atoms with Gasteiger partial charge in [0.1, 0.15) is 29.6 Å². The smallest absolute Gasteiger partial charge is 0.310 e. The molecule has 6 atom stereocenters. The lowest BCUT2D eigenvalue weighted by molar-refractivity contribution is -0.155. The second-order valence-electron chi connectivity index (χ2n) is 19.0. The summed E-state index contributed by atoms with van der Waals surface area (Å²) in [6.07, 6.45) is -0.0537. The van der Waals surface area contributed by atoms with E-state index in [1.807, 2.05) is 91.9 Å². The van der Waals surface area contributed by atoms with Crippen LogP contribution in [0, 0.1) is 17.8 Å². The molecule has 4 aliphatic heterocycles. The van der Waals surface area contributed by atoms with Crippen LogP contribution in [0.15, 0.2) is 146 Å². The number of fused-ring (bicyclic) bond motifs is 9. The number of ether oxygens (including phenoxy) is 2. The van der Waals surface area contributed by atoms with Crippen LogP contribution in [0.3, 0.4) is 0 Å². The Bertz CT molecular complexity index is 3320. The van der Waals surface area contributed by atoms with Gasteiger partial charge in [-0.3, -0.25) is 42.6 Å². The summed E-state index contributed by atoms with van der Waals surface area (Å²) in [4.78, 5) is 72.7. The van der Waals surface area contributed by atoms with Gasteiger partial charge in [-0.15, -0.1) is 0 Å². The largest absolute Gasteiger partial charge is 0.481 e. The summed E-state index contributed by atoms with van der Waals surface area (Å²) in [5, 5.41) is 20.0. The second kappa shape index (κ2) is 24.5. The van der Waals surface area contributed by atoms with Crippen LogP contribution in [0.5, 0.6) is 17.2 Å². The van der Waals surface area contributed by atoms with Crippen LogP contribution in [-0.2, 0) is 51.9 Å². The first kappa shape index (κ1) is 56.8. The summed E-state index contributed by atoms with van der Waals surface area (Å²) >= 11 is 0. The zero-order valence-electron chi connectivity index (χ0n) is 43.1. The lowest BCUT2D eigenvalue weighted by atomic mass is 10.0. The minimum Gasteiger partial charge on any atom is -0.481 e. The van der Waals surface area contributed by atoms with Gasteiger partial charge >= 0.3 is 17.9 Å². The zero-order chi connectivity index (χ0) is 55.8. The molecule has 406 valence electrons. The molecule has 78 heavy (non-hydrogen) atoms. The predicted molar refractivity (Wildman–Crippen MR) is 294 cm³/mol. The molecule has 0 aromatic heterocycles. The van der Waals surface area contributed by atoms with Crippen LogP contribution in [0.4, 0.5) is 0 Å². The van der Waals surface area contributed by atoms with Crippen molar-refractivity contribution in [1.82, 2.24) is 4.90 Å². The molecule has 0 aliphatic carbocycles. The Hall–Kier alpha value is -7.41. The number of aliphatic hydroxyl groups is 1. The first-order valence-electron chi connectivity index (χ1n) is 25.3. The Kier molecular flexibility index (Phi) is 17.8. The van der Waals surface area contributed by atoms with Gasteiger partial charge in [0.2, 0.25) is 11.8 Å². The molecule has 1 fully saturated rings. The van der Waals surface area contributed by atoms with Crippen LogP contribution in [-0.4, -0.2) is 96.0 Å². The summed E-state index contributed by atoms with van der Waals surface area (Å²) in [6.45, 7) is 2.88. The Morgan fingerprint density at radius 2 is 1.00 bits per heavy atom. The number of amides is 2. The van der Waals surface area contributed by atoms with E-state index in [2.05, 4.69) is 0 Å². The number of carbonyl (C=O) groups is 6. The number of aliphatic hydroxyl groups excluding tert-OH is 1. The van der Waals surface area contributed by atoms with Gasteiger partial charge < -0.3 is 38.1 Å². The molecule has 2 amide bonds. The topological polar surface area (TPSA) is 243 Å². The molecule has 20 heteroatoms. The SMILES string of the molecule is CC(=O)CC(CP1(=O)Oc2ccccc2-c2ccccc21)C(=O)O.CCCOC(=O)CC(CP1(=O)Oc2ccccc2-c2ccccc21)C(=O)OCCO.CN1C(=O)CC(CP2(=O)Oc3ccccc3-c3ccccc32)C1=O. The van der Waals surface area contributed by atoms with E-state index >= 15 is 0 Å². The number of rotatable bonds is 16. The average Bonchev–Trinajstić information content (AvgIpc) is 3.69. The van der Waals surface area contributed by atoms with E-state index in [0.29, 0.717) is 39.6 Å². The highest BCUT2D eigenvalue weighted by Gasteiger charge is 2.46. The molecule has 6 unspecified atom stereocenters. The molecular formula is C58H58NO16P3. The third-order valence-corrected chi connectivity index (χ3v) is 21.0. The van der Waals surface area contributed by atoms with Crippen LogP contribution in [0.2, 0.25) is 0 Å². The van der Waals surface area contributed by atoms with Gasteiger partial charge in [-0.1, -0.05) is 116 Å². The van der Waals surface area contributed by atoms with Gasteiger partial charge in [0.25, 0.3) is 22.1 Å². The third-order valence-electron chi connectivity index (χ3n) is 13.4. The fraction of sp³-hybridized carbons (Fsp3) is 0.276. The number of Topliss-reactive ketones (excluding diaryl/α,β-unsaturated/α-hetero) is 1. The van der Waals surface area contributed by atoms with E-state index in [1.165, 1.54) is 14.0 Å². The number of carbonyl (C=O) groups excluding carboxylic acids is 5. The first-order chi connectivity index (χ1) is 37.4. The highest BCUT2D eigenvalue weighted by atomic mass is 31.2. The van der Waals surface area contributed by atoms with Crippen molar-refractivity contribution in [3.63, 3.8) is 0 Å². The number of hydrogen-bond acceptors (Lipinski definition) is 15. The standard InChI is InChI=1S/C22H25O7P.C18H16NO4P.C18H17O5P/c1-2-12-27-21(24)14-16(22(25)28-13-11-23)15-30(26)20-10-6-4-8-18(20)17-7-3-5-9-19(17)29-30;1-19-17(20)10-12(18(19)21)11-24(22)16-9-5-3-7-14(16)13-6-2-4-8-15(13)23-24;1-12(19)10-13(18(20)21)11-24(22)17-9-5-3-7-15(17)14-6-2-4-8-16(14)23-24/h3-10,16,23H,2,11-15H2,1H3;2-9,12H,10-11H2,1H3;2-9,13H,10-11H2,1H3,(H,20,21). The normalized spacial score (nSPS) is 20.6. The summed E-state index contributed by atoms with van der Waals surface area (Å²) in [7, 11) is -8.78. The molecule has 0 saturated carbocycles. The Labute approximate surface area is 451 Å². The van der Waals surface area contributed by atoms with Gasteiger partial charge in [-0.05, 0) is 66.4 Å². The van der Waals surface area contributed by atoms with Crippen LogP contribution < -0.4 is 29.5 Å². The number of hydrogen-bond donors (Lipinski definition) is 2. The molecule has 0 spiro atoms. The van der Waals surface area contributed by atoms with E-state index < -0.39 is 57.8 Å². The number of aliphatic carboxylic acids is 1. The fourth-order valence-electron chi connectivity index (χ4n) is 9.72. The minimum absolute atomic E-state index is 0.0489. The van der Waals surface area contributed by atoms with Crippen LogP contribution in [0.1, 0.15) is 39.5 Å². The van der Waals surface area contributed by atoms with Gasteiger partial charge in [0.15, 0.2) is 0 Å². The number of imide groups is 1. The maximum absolute atomic E-state index is 14.0. The lowest BCUT2D eigenvalue weighted by Gasteiger charge is -2.30. The van der Waals surface area contributed by atoms with Crippen molar-refractivity contribution in [3.8, 4) is 50.6 Å². The molecule has 6 aromatic carbocycles. The molecular weight excluding hydrogens is 1060 g/mol. The number of likely N-dealkylation sites (tertiary alicyclic amines) is 1. The van der Waals surface area contributed by atoms with E-state index in [4.69, 9.17) is 28.2 Å². The highest BCUT2D eigenvalue weighted by molar-refractivity contribution is 7.68. The van der Waals surface area contributed by atoms with Crippen molar-refractivity contribution in [3.05, 3.63) is 146 Å². The molecule has 0 radical (unpaired) electrons. The number of para-hydroxylation sites is 3. The monoisotopic (exact) mass is 1120 g/mol. The van der Waals surface area contributed by atoms with Crippen molar-refractivity contribution in [2.75, 3.05) is 45.4 Å². The number of benzene rings is 6. The number of carboxylic acids is 1. The molecule has 10 rings (SSSR count). The predicted octanol–water partition coefficient (Wildman–Crippen LogP) is 9.13.